The molecular weight excluding hydrogens is 207 g/mol. The topological polar surface area (TPSA) is 52.0 Å². The molecule has 2 aromatic rings. The van der Waals surface area contributed by atoms with Crippen LogP contribution >= 0.6 is 0 Å². The molecule has 0 aliphatic heterocycles. The summed E-state index contributed by atoms with van der Waals surface area (Å²) in [6.45, 7) is 1.98. The third-order valence-electron chi connectivity index (χ3n) is 2.52. The molecule has 0 saturated carbocycles. The van der Waals surface area contributed by atoms with Crippen LogP contribution in [0.15, 0.2) is 35.2 Å². The highest BCUT2D eigenvalue weighted by Gasteiger charge is 2.15. The van der Waals surface area contributed by atoms with Crippen LogP contribution in [0.5, 0.6) is 0 Å². The second kappa shape index (κ2) is 4.45. The van der Waals surface area contributed by atoms with Gasteiger partial charge in [0.25, 0.3) is 0 Å². The zero-order valence-electron chi connectivity index (χ0n) is 8.98. The van der Waals surface area contributed by atoms with E-state index >= 15 is 0 Å². The van der Waals surface area contributed by atoms with Gasteiger partial charge in [0.15, 0.2) is 0 Å². The molecule has 3 nitrogen and oxygen atoms in total. The molecule has 0 fully saturated rings. The Kier molecular flexibility index (Phi) is 3.01. The van der Waals surface area contributed by atoms with E-state index < -0.39 is 6.04 Å². The molecule has 1 atom stereocenters. The van der Waals surface area contributed by atoms with Crippen LogP contribution in [-0.2, 0) is 6.42 Å². The number of hydrogen-bond donors (Lipinski definition) is 1. The quantitative estimate of drug-likeness (QED) is 0.864. The van der Waals surface area contributed by atoms with Crippen molar-refractivity contribution in [3.05, 3.63) is 53.5 Å². The van der Waals surface area contributed by atoms with Gasteiger partial charge in [-0.2, -0.15) is 0 Å². The molecule has 0 aliphatic rings. The monoisotopic (exact) mass is 220 g/mol. The molecule has 4 heteroatoms. The molecule has 2 rings (SSSR count). The lowest BCUT2D eigenvalue weighted by molar-refractivity contribution is 0.508. The first kappa shape index (κ1) is 10.8. The van der Waals surface area contributed by atoms with Crippen LogP contribution in [0.1, 0.15) is 29.9 Å². The van der Waals surface area contributed by atoms with Gasteiger partial charge in [0.2, 0.25) is 0 Å². The van der Waals surface area contributed by atoms with E-state index in [1.165, 1.54) is 6.07 Å². The van der Waals surface area contributed by atoms with Crippen molar-refractivity contribution in [2.45, 2.75) is 19.4 Å². The first-order valence-corrected chi connectivity index (χ1v) is 5.14. The summed E-state index contributed by atoms with van der Waals surface area (Å²) in [4.78, 5) is 3.79. The van der Waals surface area contributed by atoms with Crippen molar-refractivity contribution >= 4 is 0 Å². The zero-order valence-corrected chi connectivity index (χ0v) is 8.98. The van der Waals surface area contributed by atoms with Gasteiger partial charge in [-0.1, -0.05) is 6.92 Å². The number of rotatable bonds is 3. The fourth-order valence-electron chi connectivity index (χ4n) is 1.69. The Morgan fingerprint density at radius 3 is 3.00 bits per heavy atom. The van der Waals surface area contributed by atoms with Crippen LogP contribution < -0.4 is 5.73 Å². The maximum Gasteiger partial charge on any atom is 0.141 e. The average molecular weight is 220 g/mol. The molecule has 84 valence electrons. The lowest BCUT2D eigenvalue weighted by Crippen LogP contribution is -2.13. The zero-order chi connectivity index (χ0) is 11.5. The highest BCUT2D eigenvalue weighted by molar-refractivity contribution is 5.31. The number of aromatic nitrogens is 1. The Labute approximate surface area is 93.1 Å². The Morgan fingerprint density at radius 2 is 2.31 bits per heavy atom. The molecule has 0 spiro atoms. The van der Waals surface area contributed by atoms with E-state index in [2.05, 4.69) is 4.98 Å². The fraction of sp³-hybridized carbons (Fsp3) is 0.250. The summed E-state index contributed by atoms with van der Waals surface area (Å²) in [6.07, 6.45) is 5.09. The molecule has 2 heterocycles. The third kappa shape index (κ3) is 1.97. The van der Waals surface area contributed by atoms with Gasteiger partial charge >= 0.3 is 0 Å². The van der Waals surface area contributed by atoms with E-state index in [-0.39, 0.29) is 5.82 Å². The van der Waals surface area contributed by atoms with Crippen molar-refractivity contribution in [2.24, 2.45) is 5.73 Å². The Morgan fingerprint density at radius 1 is 1.50 bits per heavy atom. The fourth-order valence-corrected chi connectivity index (χ4v) is 1.69. The van der Waals surface area contributed by atoms with Crippen molar-refractivity contribution in [2.75, 3.05) is 0 Å². The summed E-state index contributed by atoms with van der Waals surface area (Å²) in [5.41, 5.74) is 7.57. The van der Waals surface area contributed by atoms with Gasteiger partial charge in [0.05, 0.1) is 18.5 Å². The molecule has 1 unspecified atom stereocenters. The second-order valence-electron chi connectivity index (χ2n) is 3.57. The van der Waals surface area contributed by atoms with E-state index in [1.54, 1.807) is 12.5 Å². The highest BCUT2D eigenvalue weighted by atomic mass is 19.1. The lowest BCUT2D eigenvalue weighted by Gasteiger charge is -2.11. The lowest BCUT2D eigenvalue weighted by atomic mass is 10.0. The maximum absolute atomic E-state index is 13.0. The van der Waals surface area contributed by atoms with Gasteiger partial charge in [-0.3, -0.25) is 4.98 Å². The van der Waals surface area contributed by atoms with Crippen LogP contribution in [0.3, 0.4) is 0 Å². The van der Waals surface area contributed by atoms with E-state index in [4.69, 9.17) is 10.2 Å². The van der Waals surface area contributed by atoms with Gasteiger partial charge in [-0.25, -0.2) is 4.39 Å². The first-order valence-electron chi connectivity index (χ1n) is 5.14. The summed E-state index contributed by atoms with van der Waals surface area (Å²) in [6, 6.07) is 2.82. The average Bonchev–Trinajstić information content (AvgIpc) is 2.76. The molecule has 0 saturated heterocycles. The third-order valence-corrected chi connectivity index (χ3v) is 2.52. The number of pyridine rings is 1. The van der Waals surface area contributed by atoms with Crippen LogP contribution in [0, 0.1) is 5.82 Å². The summed E-state index contributed by atoms with van der Waals surface area (Å²) < 4.78 is 18.3. The van der Waals surface area contributed by atoms with Crippen LogP contribution in [0.25, 0.3) is 0 Å². The van der Waals surface area contributed by atoms with Crippen molar-refractivity contribution in [1.29, 1.82) is 0 Å². The molecule has 2 aromatic heterocycles. The molecule has 2 N–H and O–H groups in total. The normalized spacial score (nSPS) is 12.7. The predicted molar refractivity (Wildman–Crippen MR) is 58.3 cm³/mol. The molecular formula is C12H13FN2O. The smallest absolute Gasteiger partial charge is 0.141 e. The largest absolute Gasteiger partial charge is 0.469 e. The standard InChI is InChI=1S/C12H13FN2O/c1-2-11-10(3-4-16-11)12(14)8-5-9(13)7-15-6-8/h3-7,12H,2,14H2,1H3. The predicted octanol–water partition coefficient (Wildman–Crippen LogP) is 2.42. The minimum atomic E-state index is -0.392. The molecule has 0 aromatic carbocycles. The first-order chi connectivity index (χ1) is 7.72. The van der Waals surface area contributed by atoms with Gasteiger partial charge in [0.1, 0.15) is 11.6 Å². The second-order valence-corrected chi connectivity index (χ2v) is 3.57. The number of halogens is 1. The van der Waals surface area contributed by atoms with Crippen LogP contribution in [-0.4, -0.2) is 4.98 Å². The molecule has 0 aliphatic carbocycles. The number of aryl methyl sites for hydroxylation is 1. The van der Waals surface area contributed by atoms with Gasteiger partial charge in [0, 0.05) is 18.2 Å². The molecule has 0 amide bonds. The Balaban J connectivity index is 2.35. The number of nitrogens with zero attached hydrogens (tertiary/aromatic N) is 1. The van der Waals surface area contributed by atoms with Gasteiger partial charge in [-0.05, 0) is 17.7 Å². The SMILES string of the molecule is CCc1occc1C(N)c1cncc(F)c1. The highest BCUT2D eigenvalue weighted by Crippen LogP contribution is 2.24. The molecule has 16 heavy (non-hydrogen) atoms. The van der Waals surface area contributed by atoms with Crippen molar-refractivity contribution < 1.29 is 8.81 Å². The number of furan rings is 1. The summed E-state index contributed by atoms with van der Waals surface area (Å²) in [5, 5.41) is 0. The van der Waals surface area contributed by atoms with E-state index in [9.17, 15) is 4.39 Å². The molecule has 0 bridgehead atoms. The number of hydrogen-bond acceptors (Lipinski definition) is 3. The van der Waals surface area contributed by atoms with Crippen LogP contribution in [0.4, 0.5) is 4.39 Å². The summed E-state index contributed by atoms with van der Waals surface area (Å²) in [7, 11) is 0. The summed E-state index contributed by atoms with van der Waals surface area (Å²) >= 11 is 0. The van der Waals surface area contributed by atoms with E-state index in [0.717, 1.165) is 23.9 Å². The van der Waals surface area contributed by atoms with Crippen molar-refractivity contribution in [3.63, 3.8) is 0 Å². The molecule has 0 radical (unpaired) electrons. The van der Waals surface area contributed by atoms with Gasteiger partial charge in [-0.15, -0.1) is 0 Å². The summed E-state index contributed by atoms with van der Waals surface area (Å²) in [5.74, 6) is 0.450. The number of nitrogens with two attached hydrogens (primary N) is 1. The Bertz CT molecular complexity index is 481. The van der Waals surface area contributed by atoms with E-state index in [1.807, 2.05) is 13.0 Å². The van der Waals surface area contributed by atoms with Crippen molar-refractivity contribution in [3.8, 4) is 0 Å². The Hall–Kier alpha value is -1.68. The maximum atomic E-state index is 13.0. The van der Waals surface area contributed by atoms with Crippen LogP contribution in [0.2, 0.25) is 0 Å². The van der Waals surface area contributed by atoms with Gasteiger partial charge < -0.3 is 10.2 Å². The van der Waals surface area contributed by atoms with Crippen molar-refractivity contribution in [1.82, 2.24) is 4.98 Å². The minimum Gasteiger partial charge on any atom is -0.469 e. The van der Waals surface area contributed by atoms with E-state index in [0.29, 0.717) is 5.56 Å². The minimum absolute atomic E-state index is 0.380.